The zero-order chi connectivity index (χ0) is 20.5. The van der Waals surface area contributed by atoms with Gasteiger partial charge in [-0.3, -0.25) is 0 Å². The van der Waals surface area contributed by atoms with E-state index in [4.69, 9.17) is 13.8 Å². The first kappa shape index (κ1) is 18.6. The van der Waals surface area contributed by atoms with Crippen molar-refractivity contribution in [1.29, 1.82) is 0 Å². The molecule has 0 saturated carbocycles. The van der Waals surface area contributed by atoms with E-state index in [2.05, 4.69) is 15.2 Å². The van der Waals surface area contributed by atoms with Gasteiger partial charge in [0.2, 0.25) is 11.8 Å². The average Bonchev–Trinajstić information content (AvgIpc) is 3.47. The van der Waals surface area contributed by atoms with Crippen molar-refractivity contribution in [2.24, 2.45) is 0 Å². The van der Waals surface area contributed by atoms with E-state index >= 15 is 0 Å². The molecule has 3 aromatic heterocycles. The minimum Gasteiger partial charge on any atom is -0.461 e. The highest BCUT2D eigenvalue weighted by Gasteiger charge is 2.20. The summed E-state index contributed by atoms with van der Waals surface area (Å²) in [6, 6.07) is 19.6. The number of aryl methyl sites for hydroxylation is 1. The van der Waals surface area contributed by atoms with Gasteiger partial charge in [0.1, 0.15) is 5.03 Å². The molecule has 0 fully saturated rings. The van der Waals surface area contributed by atoms with Gasteiger partial charge in [-0.2, -0.15) is 0 Å². The third-order valence-electron chi connectivity index (χ3n) is 4.69. The number of para-hydroxylation sites is 1. The van der Waals surface area contributed by atoms with Crippen LogP contribution in [0, 0.1) is 6.92 Å². The molecule has 5 rings (SSSR count). The number of aromatic nitrogens is 4. The van der Waals surface area contributed by atoms with Crippen LogP contribution >= 0.6 is 11.8 Å². The second-order valence-electron chi connectivity index (χ2n) is 6.92. The number of benzene rings is 2. The quantitative estimate of drug-likeness (QED) is 0.254. The molecule has 0 amide bonds. The summed E-state index contributed by atoms with van der Waals surface area (Å²) >= 11 is 1.56. The van der Waals surface area contributed by atoms with E-state index in [1.54, 1.807) is 18.0 Å². The van der Waals surface area contributed by atoms with Gasteiger partial charge in [0, 0.05) is 10.9 Å². The summed E-state index contributed by atoms with van der Waals surface area (Å²) < 4.78 is 11.5. The maximum atomic E-state index is 5.95. The van der Waals surface area contributed by atoms with E-state index in [1.165, 1.54) is 5.56 Å². The van der Waals surface area contributed by atoms with Crippen LogP contribution in [-0.4, -0.2) is 20.2 Å². The van der Waals surface area contributed by atoms with Crippen LogP contribution < -0.4 is 0 Å². The number of thioether (sulfide) groups is 1. The predicted molar refractivity (Wildman–Crippen MR) is 116 cm³/mol. The first-order valence-corrected chi connectivity index (χ1v) is 10.4. The Morgan fingerprint density at radius 1 is 0.900 bits per heavy atom. The fourth-order valence-corrected chi connectivity index (χ4v) is 4.05. The highest BCUT2D eigenvalue weighted by atomic mass is 32.2. The number of fused-ring (bicyclic) bond motifs is 1. The summed E-state index contributed by atoms with van der Waals surface area (Å²) in [5, 5.41) is 10.2. The van der Waals surface area contributed by atoms with Crippen molar-refractivity contribution < 1.29 is 8.83 Å². The lowest BCUT2D eigenvalue weighted by molar-refractivity contribution is 0.509. The summed E-state index contributed by atoms with van der Waals surface area (Å²) in [5.74, 6) is 2.26. The molecule has 0 aliphatic carbocycles. The standard InChI is InChI=1S/C23H18N4O2S/c1-14-9-11-16(12-10-14)22-27-26-21(29-22)15(2)30-23-17-6-3-4-7-18(17)24-20(25-23)19-8-5-13-28-19/h3-13,15H,1-2H3. The zero-order valence-electron chi connectivity index (χ0n) is 16.4. The Morgan fingerprint density at radius 3 is 2.53 bits per heavy atom. The zero-order valence-corrected chi connectivity index (χ0v) is 17.3. The molecule has 1 unspecified atom stereocenters. The summed E-state index contributed by atoms with van der Waals surface area (Å²) in [6.07, 6.45) is 1.62. The predicted octanol–water partition coefficient (Wildman–Crippen LogP) is 6.10. The van der Waals surface area contributed by atoms with Crippen LogP contribution in [0.25, 0.3) is 33.9 Å². The average molecular weight is 414 g/mol. The van der Waals surface area contributed by atoms with Crippen LogP contribution in [0.1, 0.15) is 23.6 Å². The Bertz CT molecular complexity index is 1300. The molecule has 0 N–H and O–H groups in total. The molecular formula is C23H18N4O2S. The molecule has 1 atom stereocenters. The first-order chi connectivity index (χ1) is 14.7. The maximum Gasteiger partial charge on any atom is 0.247 e. The fraction of sp³-hybridized carbons (Fsp3) is 0.130. The van der Waals surface area contributed by atoms with Crippen LogP contribution in [0.3, 0.4) is 0 Å². The molecule has 0 spiro atoms. The SMILES string of the molecule is Cc1ccc(-c2nnc(C(C)Sc3nc(-c4ccco4)nc4ccccc34)o2)cc1. The molecule has 2 aromatic carbocycles. The Hall–Kier alpha value is -3.45. The van der Waals surface area contributed by atoms with Crippen molar-refractivity contribution in [3.05, 3.63) is 78.4 Å². The van der Waals surface area contributed by atoms with Crippen LogP contribution in [0.2, 0.25) is 0 Å². The van der Waals surface area contributed by atoms with Gasteiger partial charge in [0.25, 0.3) is 0 Å². The maximum absolute atomic E-state index is 5.95. The molecule has 7 heteroatoms. The van der Waals surface area contributed by atoms with Crippen molar-refractivity contribution in [2.45, 2.75) is 24.1 Å². The molecule has 0 saturated heterocycles. The van der Waals surface area contributed by atoms with E-state index in [1.807, 2.05) is 74.5 Å². The number of nitrogens with zero attached hydrogens (tertiary/aromatic N) is 4. The van der Waals surface area contributed by atoms with Crippen LogP contribution in [-0.2, 0) is 0 Å². The van der Waals surface area contributed by atoms with Crippen molar-refractivity contribution in [1.82, 2.24) is 20.2 Å². The van der Waals surface area contributed by atoms with Gasteiger partial charge in [-0.25, -0.2) is 9.97 Å². The molecule has 6 nitrogen and oxygen atoms in total. The van der Waals surface area contributed by atoms with Gasteiger partial charge in [0.05, 0.1) is 17.0 Å². The highest BCUT2D eigenvalue weighted by molar-refractivity contribution is 7.99. The molecule has 0 bridgehead atoms. The molecule has 5 aromatic rings. The van der Waals surface area contributed by atoms with Gasteiger partial charge in [-0.15, -0.1) is 10.2 Å². The normalized spacial score (nSPS) is 12.3. The number of furan rings is 1. The summed E-state index contributed by atoms with van der Waals surface area (Å²) in [6.45, 7) is 4.07. The smallest absolute Gasteiger partial charge is 0.247 e. The number of rotatable bonds is 5. The summed E-state index contributed by atoms with van der Waals surface area (Å²) in [4.78, 5) is 9.39. The Labute approximate surface area is 177 Å². The lowest BCUT2D eigenvalue weighted by Crippen LogP contribution is -1.96. The van der Waals surface area contributed by atoms with Gasteiger partial charge in [0.15, 0.2) is 11.6 Å². The lowest BCUT2D eigenvalue weighted by atomic mass is 10.1. The molecule has 0 aliphatic heterocycles. The first-order valence-electron chi connectivity index (χ1n) is 9.55. The Kier molecular flexibility index (Phi) is 4.80. The van der Waals surface area contributed by atoms with Gasteiger partial charge in [-0.05, 0) is 44.2 Å². The molecule has 3 heterocycles. The minimum atomic E-state index is -0.0838. The van der Waals surface area contributed by atoms with E-state index in [0.29, 0.717) is 23.4 Å². The molecule has 0 aliphatic rings. The van der Waals surface area contributed by atoms with Crippen LogP contribution in [0.4, 0.5) is 0 Å². The molecule has 0 radical (unpaired) electrons. The fourth-order valence-electron chi connectivity index (χ4n) is 3.08. The highest BCUT2D eigenvalue weighted by Crippen LogP contribution is 2.38. The summed E-state index contributed by atoms with van der Waals surface area (Å²) in [7, 11) is 0. The van der Waals surface area contributed by atoms with Crippen molar-refractivity contribution in [3.63, 3.8) is 0 Å². The van der Waals surface area contributed by atoms with Crippen molar-refractivity contribution >= 4 is 22.7 Å². The molecule has 148 valence electrons. The molecule has 30 heavy (non-hydrogen) atoms. The third kappa shape index (κ3) is 3.59. The van der Waals surface area contributed by atoms with E-state index in [9.17, 15) is 0 Å². The van der Waals surface area contributed by atoms with Gasteiger partial charge >= 0.3 is 0 Å². The summed E-state index contributed by atoms with van der Waals surface area (Å²) in [5.41, 5.74) is 2.95. The van der Waals surface area contributed by atoms with E-state index in [0.717, 1.165) is 21.5 Å². The van der Waals surface area contributed by atoms with E-state index in [-0.39, 0.29) is 5.25 Å². The lowest BCUT2D eigenvalue weighted by Gasteiger charge is -2.10. The van der Waals surface area contributed by atoms with Crippen molar-refractivity contribution in [2.75, 3.05) is 0 Å². The second kappa shape index (κ2) is 7.76. The minimum absolute atomic E-state index is 0.0838. The second-order valence-corrected chi connectivity index (χ2v) is 8.25. The van der Waals surface area contributed by atoms with Crippen LogP contribution in [0.5, 0.6) is 0 Å². The Balaban J connectivity index is 1.47. The number of hydrogen-bond donors (Lipinski definition) is 0. The van der Waals surface area contributed by atoms with Gasteiger partial charge < -0.3 is 8.83 Å². The number of hydrogen-bond acceptors (Lipinski definition) is 7. The van der Waals surface area contributed by atoms with E-state index < -0.39 is 0 Å². The molecular weight excluding hydrogens is 396 g/mol. The monoisotopic (exact) mass is 414 g/mol. The third-order valence-corrected chi connectivity index (χ3v) is 5.77. The van der Waals surface area contributed by atoms with Crippen molar-refractivity contribution in [3.8, 4) is 23.0 Å². The topological polar surface area (TPSA) is 77.8 Å². The van der Waals surface area contributed by atoms with Crippen LogP contribution in [0.15, 0.2) is 80.8 Å². The van der Waals surface area contributed by atoms with Gasteiger partial charge in [-0.1, -0.05) is 47.7 Å². The Morgan fingerprint density at radius 2 is 1.73 bits per heavy atom. The largest absolute Gasteiger partial charge is 0.461 e.